The number of benzene rings is 2. The maximum absolute atomic E-state index is 13.8. The first-order valence-electron chi connectivity index (χ1n) is 8.26. The van der Waals surface area contributed by atoms with Crippen LogP contribution in [0.4, 0.5) is 8.78 Å². The first kappa shape index (κ1) is 16.6. The number of hydrogen-bond donors (Lipinski definition) is 2. The Kier molecular flexibility index (Phi) is 4.36. The summed E-state index contributed by atoms with van der Waals surface area (Å²) in [5, 5.41) is 4.09. The summed E-state index contributed by atoms with van der Waals surface area (Å²) in [7, 11) is 0. The minimum atomic E-state index is -0.561. The van der Waals surface area contributed by atoms with Crippen molar-refractivity contribution in [2.24, 2.45) is 0 Å². The van der Waals surface area contributed by atoms with Gasteiger partial charge in [0.1, 0.15) is 18.0 Å². The van der Waals surface area contributed by atoms with Gasteiger partial charge in [-0.2, -0.15) is 9.78 Å². The van der Waals surface area contributed by atoms with Crippen molar-refractivity contribution in [2.75, 3.05) is 13.1 Å². The first-order chi connectivity index (χ1) is 12.6. The molecule has 0 saturated carbocycles. The van der Waals surface area contributed by atoms with E-state index in [2.05, 4.69) is 16.0 Å². The molecule has 0 atom stereocenters. The van der Waals surface area contributed by atoms with Crippen molar-refractivity contribution in [1.82, 2.24) is 25.2 Å². The van der Waals surface area contributed by atoms with Crippen LogP contribution in [0.15, 0.2) is 53.6 Å². The van der Waals surface area contributed by atoms with Gasteiger partial charge in [0.25, 0.3) is 0 Å². The predicted octanol–water partition coefficient (Wildman–Crippen LogP) is 1.55. The van der Waals surface area contributed by atoms with Gasteiger partial charge in [0.05, 0.1) is 12.2 Å². The Bertz CT molecular complexity index is 974. The quantitative estimate of drug-likeness (QED) is 0.744. The molecule has 1 aromatic heterocycles. The molecule has 1 saturated heterocycles. The molecule has 1 aliphatic rings. The Morgan fingerprint density at radius 2 is 1.81 bits per heavy atom. The van der Waals surface area contributed by atoms with Crippen molar-refractivity contribution in [3.63, 3.8) is 0 Å². The molecule has 8 heteroatoms. The molecule has 134 valence electrons. The summed E-state index contributed by atoms with van der Waals surface area (Å²) in [4.78, 5) is 12.5. The molecule has 0 aliphatic carbocycles. The van der Waals surface area contributed by atoms with Crippen LogP contribution in [0.1, 0.15) is 17.0 Å². The Morgan fingerprint density at radius 1 is 1.08 bits per heavy atom. The van der Waals surface area contributed by atoms with Crippen LogP contribution < -0.4 is 16.5 Å². The Balaban J connectivity index is 1.59. The van der Waals surface area contributed by atoms with E-state index in [0.717, 1.165) is 31.3 Å². The fraction of sp³-hybridized carbons (Fsp3) is 0.222. The highest BCUT2D eigenvalue weighted by atomic mass is 19.1. The van der Waals surface area contributed by atoms with Crippen LogP contribution in [-0.4, -0.2) is 27.4 Å². The van der Waals surface area contributed by atoms with Crippen LogP contribution in [-0.2, 0) is 6.54 Å². The highest BCUT2D eigenvalue weighted by Crippen LogP contribution is 2.18. The largest absolute Gasteiger partial charge is 0.350 e. The van der Waals surface area contributed by atoms with Crippen molar-refractivity contribution >= 4 is 0 Å². The molecule has 4 rings (SSSR count). The summed E-state index contributed by atoms with van der Waals surface area (Å²) < 4.78 is 29.6. The van der Waals surface area contributed by atoms with Crippen molar-refractivity contribution in [3.8, 4) is 5.69 Å². The van der Waals surface area contributed by atoms with Crippen molar-refractivity contribution in [1.29, 1.82) is 0 Å². The van der Waals surface area contributed by atoms with Gasteiger partial charge >= 0.3 is 5.69 Å². The number of nitrogens with zero attached hydrogens (tertiary/aromatic N) is 3. The summed E-state index contributed by atoms with van der Waals surface area (Å²) in [5.74, 6) is -0.725. The number of halogens is 2. The summed E-state index contributed by atoms with van der Waals surface area (Å²) in [5.41, 5.74) is 7.64. The summed E-state index contributed by atoms with van der Waals surface area (Å²) >= 11 is 0. The van der Waals surface area contributed by atoms with E-state index in [4.69, 9.17) is 0 Å². The SMILES string of the molecule is O=c1n(Cc2cc(F)ccc2F)cnn1-c1ccc(C2CNNC2)cc1. The number of aromatic nitrogens is 3. The predicted molar refractivity (Wildman–Crippen MR) is 92.0 cm³/mol. The van der Waals surface area contributed by atoms with Gasteiger partial charge in [0, 0.05) is 24.6 Å². The highest BCUT2D eigenvalue weighted by Gasteiger charge is 2.16. The number of rotatable bonds is 4. The molecule has 1 aliphatic heterocycles. The third-order valence-corrected chi connectivity index (χ3v) is 4.51. The van der Waals surface area contributed by atoms with Crippen LogP contribution in [0.2, 0.25) is 0 Å². The standard InChI is InChI=1S/C18H17F2N5O/c19-15-3-6-17(20)13(7-15)10-24-11-23-25(18(24)26)16-4-1-12(2-5-16)14-8-21-22-9-14/h1-7,11,14,21-22H,8-10H2. The third kappa shape index (κ3) is 3.16. The average Bonchev–Trinajstić information content (AvgIpc) is 3.29. The lowest BCUT2D eigenvalue weighted by Gasteiger charge is -2.08. The average molecular weight is 357 g/mol. The smallest absolute Gasteiger partial charge is 0.277 e. The van der Waals surface area contributed by atoms with Crippen LogP contribution in [0.5, 0.6) is 0 Å². The molecule has 3 aromatic rings. The zero-order valence-corrected chi connectivity index (χ0v) is 13.8. The Hall–Kier alpha value is -2.84. The lowest BCUT2D eigenvalue weighted by molar-refractivity contribution is 0.574. The van der Waals surface area contributed by atoms with Gasteiger partial charge < -0.3 is 0 Å². The molecule has 0 radical (unpaired) electrons. The lowest BCUT2D eigenvalue weighted by Crippen LogP contribution is -2.24. The summed E-state index contributed by atoms with van der Waals surface area (Å²) in [6.07, 6.45) is 1.32. The van der Waals surface area contributed by atoms with Gasteiger partial charge in [0.15, 0.2) is 0 Å². The number of hydrazine groups is 1. The molecule has 2 N–H and O–H groups in total. The summed E-state index contributed by atoms with van der Waals surface area (Å²) in [6, 6.07) is 10.8. The lowest BCUT2D eigenvalue weighted by atomic mass is 10.0. The second-order valence-electron chi connectivity index (χ2n) is 6.24. The van der Waals surface area contributed by atoms with E-state index >= 15 is 0 Å². The molecule has 0 unspecified atom stereocenters. The second kappa shape index (κ2) is 6.81. The van der Waals surface area contributed by atoms with Crippen molar-refractivity contribution < 1.29 is 8.78 Å². The highest BCUT2D eigenvalue weighted by molar-refractivity contribution is 5.35. The van der Waals surface area contributed by atoms with Crippen LogP contribution in [0, 0.1) is 11.6 Å². The molecular formula is C18H17F2N5O. The fourth-order valence-electron chi connectivity index (χ4n) is 3.05. The number of nitrogens with one attached hydrogen (secondary N) is 2. The molecule has 0 spiro atoms. The molecule has 1 fully saturated rings. The molecule has 0 amide bonds. The van der Waals surface area contributed by atoms with Gasteiger partial charge in [-0.25, -0.2) is 13.6 Å². The zero-order chi connectivity index (χ0) is 18.1. The van der Waals surface area contributed by atoms with Gasteiger partial charge in [-0.05, 0) is 35.9 Å². The van der Waals surface area contributed by atoms with Gasteiger partial charge in [0.2, 0.25) is 0 Å². The Morgan fingerprint density at radius 3 is 2.54 bits per heavy atom. The van der Waals surface area contributed by atoms with E-state index in [1.165, 1.54) is 21.1 Å². The molecule has 2 heterocycles. The van der Waals surface area contributed by atoms with E-state index in [0.29, 0.717) is 11.6 Å². The van der Waals surface area contributed by atoms with E-state index < -0.39 is 17.3 Å². The van der Waals surface area contributed by atoms with Crippen molar-refractivity contribution in [2.45, 2.75) is 12.5 Å². The zero-order valence-electron chi connectivity index (χ0n) is 13.8. The van der Waals surface area contributed by atoms with Gasteiger partial charge in [-0.3, -0.25) is 15.4 Å². The monoisotopic (exact) mass is 357 g/mol. The van der Waals surface area contributed by atoms with Crippen LogP contribution in [0.25, 0.3) is 5.69 Å². The number of hydrogen-bond acceptors (Lipinski definition) is 4. The minimum absolute atomic E-state index is 0.0834. The maximum atomic E-state index is 13.8. The topological polar surface area (TPSA) is 63.9 Å². The van der Waals surface area contributed by atoms with E-state index in [9.17, 15) is 13.6 Å². The van der Waals surface area contributed by atoms with E-state index in [-0.39, 0.29) is 12.1 Å². The second-order valence-corrected chi connectivity index (χ2v) is 6.24. The van der Waals surface area contributed by atoms with Crippen LogP contribution >= 0.6 is 0 Å². The minimum Gasteiger partial charge on any atom is -0.277 e. The normalized spacial score (nSPS) is 14.8. The van der Waals surface area contributed by atoms with Gasteiger partial charge in [-0.15, -0.1) is 0 Å². The molecule has 26 heavy (non-hydrogen) atoms. The fourth-order valence-corrected chi connectivity index (χ4v) is 3.05. The third-order valence-electron chi connectivity index (χ3n) is 4.51. The molecule has 6 nitrogen and oxygen atoms in total. The van der Waals surface area contributed by atoms with E-state index in [1.54, 1.807) is 0 Å². The van der Waals surface area contributed by atoms with E-state index in [1.807, 2.05) is 24.3 Å². The maximum Gasteiger partial charge on any atom is 0.350 e. The van der Waals surface area contributed by atoms with Crippen molar-refractivity contribution in [3.05, 3.63) is 82.0 Å². The molecule has 0 bridgehead atoms. The van der Waals surface area contributed by atoms with Gasteiger partial charge in [-0.1, -0.05) is 12.1 Å². The summed E-state index contributed by atoms with van der Waals surface area (Å²) in [6.45, 7) is 1.63. The molecular weight excluding hydrogens is 340 g/mol. The first-order valence-corrected chi connectivity index (χ1v) is 8.26. The van der Waals surface area contributed by atoms with Crippen LogP contribution in [0.3, 0.4) is 0 Å². The molecule has 2 aromatic carbocycles. The Labute approximate surface area is 148 Å².